The monoisotopic (exact) mass is 433 g/mol. The third-order valence-corrected chi connectivity index (χ3v) is 5.58. The first kappa shape index (κ1) is 19.9. The Bertz CT molecular complexity index is 1300. The number of rotatable bonds is 2. The van der Waals surface area contributed by atoms with Gasteiger partial charge in [-0.25, -0.2) is 18.0 Å². The molecule has 2 amide bonds. The summed E-state index contributed by atoms with van der Waals surface area (Å²) in [6.07, 6.45) is 1.90. The van der Waals surface area contributed by atoms with E-state index in [4.69, 9.17) is 0 Å². The highest BCUT2D eigenvalue weighted by molar-refractivity contribution is 5.90. The van der Waals surface area contributed by atoms with E-state index in [2.05, 4.69) is 5.32 Å². The van der Waals surface area contributed by atoms with E-state index >= 15 is 0 Å². The van der Waals surface area contributed by atoms with Crippen LogP contribution in [0.4, 0.5) is 23.7 Å². The number of amides is 2. The van der Waals surface area contributed by atoms with Crippen molar-refractivity contribution in [3.63, 3.8) is 0 Å². The number of nitrogens with zero attached hydrogens (tertiary/aromatic N) is 2. The van der Waals surface area contributed by atoms with Gasteiger partial charge in [-0.05, 0) is 53.6 Å². The van der Waals surface area contributed by atoms with Crippen molar-refractivity contribution in [2.24, 2.45) is 0 Å². The summed E-state index contributed by atoms with van der Waals surface area (Å²) in [5.41, 5.74) is 3.02. The van der Waals surface area contributed by atoms with Crippen LogP contribution in [0.5, 0.6) is 0 Å². The van der Waals surface area contributed by atoms with Crippen molar-refractivity contribution in [3.05, 3.63) is 119 Å². The number of fused-ring (bicyclic) bond motifs is 3. The van der Waals surface area contributed by atoms with Gasteiger partial charge in [-0.1, -0.05) is 30.3 Å². The predicted octanol–water partition coefficient (Wildman–Crippen LogP) is 6.03. The molecule has 4 aromatic rings. The number of hydrogen-bond acceptors (Lipinski definition) is 1. The first-order valence-electron chi connectivity index (χ1n) is 10.0. The molecule has 32 heavy (non-hydrogen) atoms. The number of anilines is 1. The van der Waals surface area contributed by atoms with E-state index in [9.17, 15) is 18.0 Å². The van der Waals surface area contributed by atoms with Crippen LogP contribution in [-0.2, 0) is 6.54 Å². The molecule has 160 valence electrons. The number of nitrogens with one attached hydrogen (secondary N) is 1. The Balaban J connectivity index is 1.63. The van der Waals surface area contributed by atoms with Crippen molar-refractivity contribution < 1.29 is 18.0 Å². The number of hydrogen-bond donors (Lipinski definition) is 1. The molecule has 0 radical (unpaired) electrons. The third-order valence-electron chi connectivity index (χ3n) is 5.58. The second kappa shape index (κ2) is 7.92. The molecular formula is C25H18F3N3O. The topological polar surface area (TPSA) is 37.3 Å². The van der Waals surface area contributed by atoms with Gasteiger partial charge in [0.1, 0.15) is 17.5 Å². The summed E-state index contributed by atoms with van der Waals surface area (Å²) in [6, 6.07) is 19.0. The summed E-state index contributed by atoms with van der Waals surface area (Å²) in [5, 5.41) is 2.50. The van der Waals surface area contributed by atoms with Gasteiger partial charge in [0, 0.05) is 18.0 Å². The van der Waals surface area contributed by atoms with Crippen LogP contribution in [0.25, 0.3) is 5.69 Å². The largest absolute Gasteiger partial charge is 0.323 e. The lowest BCUT2D eigenvalue weighted by atomic mass is 10.0. The predicted molar refractivity (Wildman–Crippen MR) is 115 cm³/mol. The van der Waals surface area contributed by atoms with Crippen LogP contribution in [0.2, 0.25) is 0 Å². The highest BCUT2D eigenvalue weighted by Crippen LogP contribution is 2.37. The molecule has 2 heterocycles. The van der Waals surface area contributed by atoms with Crippen molar-refractivity contribution in [2.45, 2.75) is 12.6 Å². The fraction of sp³-hybridized carbons (Fsp3) is 0.0800. The van der Waals surface area contributed by atoms with Crippen LogP contribution in [-0.4, -0.2) is 15.5 Å². The van der Waals surface area contributed by atoms with Crippen LogP contribution in [0, 0.1) is 17.5 Å². The molecule has 1 N–H and O–H groups in total. The maximum Gasteiger partial charge on any atom is 0.323 e. The average molecular weight is 433 g/mol. The molecule has 1 aromatic heterocycles. The molecule has 0 aliphatic carbocycles. The lowest BCUT2D eigenvalue weighted by molar-refractivity contribution is 0.194. The Kier molecular flexibility index (Phi) is 4.93. The molecule has 1 aliphatic heterocycles. The number of carbonyl (C=O) groups is 1. The Labute approximate surface area is 182 Å². The molecule has 0 fully saturated rings. The summed E-state index contributed by atoms with van der Waals surface area (Å²) >= 11 is 0. The Hall–Kier alpha value is -4.00. The summed E-state index contributed by atoms with van der Waals surface area (Å²) in [6.45, 7) is 0.211. The number of benzene rings is 3. The maximum absolute atomic E-state index is 14.2. The number of halogens is 3. The Morgan fingerprint density at radius 2 is 1.62 bits per heavy atom. The Morgan fingerprint density at radius 3 is 2.44 bits per heavy atom. The van der Waals surface area contributed by atoms with E-state index in [0.29, 0.717) is 5.56 Å². The van der Waals surface area contributed by atoms with Gasteiger partial charge in [-0.15, -0.1) is 0 Å². The number of aromatic nitrogens is 1. The molecule has 7 heteroatoms. The van der Waals surface area contributed by atoms with Gasteiger partial charge >= 0.3 is 6.03 Å². The molecule has 4 nitrogen and oxygen atoms in total. The van der Waals surface area contributed by atoms with Crippen molar-refractivity contribution in [3.8, 4) is 5.69 Å². The lowest BCUT2D eigenvalue weighted by Crippen LogP contribution is -2.38. The van der Waals surface area contributed by atoms with Crippen molar-refractivity contribution in [1.29, 1.82) is 0 Å². The summed E-state index contributed by atoms with van der Waals surface area (Å²) in [5.74, 6) is -1.79. The molecule has 0 saturated heterocycles. The summed E-state index contributed by atoms with van der Waals surface area (Å²) in [4.78, 5) is 15.0. The number of carbonyl (C=O) groups excluding carboxylic acids is 1. The Morgan fingerprint density at radius 1 is 0.875 bits per heavy atom. The minimum Gasteiger partial charge on any atom is -0.318 e. The average Bonchev–Trinajstić information content (AvgIpc) is 3.21. The van der Waals surface area contributed by atoms with Crippen molar-refractivity contribution in [1.82, 2.24) is 9.47 Å². The fourth-order valence-electron chi connectivity index (χ4n) is 4.12. The number of urea groups is 1. The molecule has 0 spiro atoms. The second-order valence-corrected chi connectivity index (χ2v) is 7.57. The molecule has 3 aromatic carbocycles. The van der Waals surface area contributed by atoms with E-state index in [1.165, 1.54) is 17.0 Å². The van der Waals surface area contributed by atoms with Gasteiger partial charge in [-0.3, -0.25) is 0 Å². The molecule has 0 bridgehead atoms. The minimum atomic E-state index is -0.739. The van der Waals surface area contributed by atoms with Gasteiger partial charge < -0.3 is 14.8 Å². The van der Waals surface area contributed by atoms with Gasteiger partial charge in [0.2, 0.25) is 0 Å². The fourth-order valence-corrected chi connectivity index (χ4v) is 4.12. The van der Waals surface area contributed by atoms with Crippen molar-refractivity contribution >= 4 is 11.7 Å². The zero-order valence-electron chi connectivity index (χ0n) is 16.8. The van der Waals surface area contributed by atoms with Crippen LogP contribution in [0.3, 0.4) is 0 Å². The lowest BCUT2D eigenvalue weighted by Gasteiger charge is -2.31. The van der Waals surface area contributed by atoms with Gasteiger partial charge in [-0.2, -0.15) is 0 Å². The zero-order chi connectivity index (χ0) is 22.2. The van der Waals surface area contributed by atoms with Crippen LogP contribution < -0.4 is 5.32 Å². The molecule has 0 saturated carbocycles. The molecule has 1 atom stereocenters. The first-order chi connectivity index (χ1) is 15.5. The third kappa shape index (κ3) is 3.51. The van der Waals surface area contributed by atoms with E-state index in [1.54, 1.807) is 12.1 Å². The highest BCUT2D eigenvalue weighted by Gasteiger charge is 2.33. The first-order valence-corrected chi connectivity index (χ1v) is 10.0. The van der Waals surface area contributed by atoms with Crippen LogP contribution in [0.15, 0.2) is 85.1 Å². The van der Waals surface area contributed by atoms with E-state index in [1.807, 2.05) is 47.2 Å². The van der Waals surface area contributed by atoms with Crippen molar-refractivity contribution in [2.75, 3.05) is 5.32 Å². The standard InChI is InChI=1S/C25H18F3N3O/c26-18-9-7-16(8-10-18)24-23-6-3-13-30(23)22-5-2-1-4-17(22)15-31(24)25(32)29-21-14-19(27)11-12-20(21)28/h1-14,24H,15H2,(H,29,32). The smallest absolute Gasteiger partial charge is 0.318 e. The van der Waals surface area contributed by atoms with E-state index in [-0.39, 0.29) is 18.0 Å². The summed E-state index contributed by atoms with van der Waals surface area (Å²) < 4.78 is 43.5. The van der Waals surface area contributed by atoms with Crippen LogP contribution >= 0.6 is 0 Å². The molecule has 1 aliphatic rings. The summed E-state index contributed by atoms with van der Waals surface area (Å²) in [7, 11) is 0. The molecule has 1 unspecified atom stereocenters. The normalized spacial score (nSPS) is 15.0. The van der Waals surface area contributed by atoms with Gasteiger partial charge in [0.25, 0.3) is 0 Å². The zero-order valence-corrected chi connectivity index (χ0v) is 16.8. The molecule has 5 rings (SSSR count). The second-order valence-electron chi connectivity index (χ2n) is 7.57. The molecular weight excluding hydrogens is 415 g/mol. The maximum atomic E-state index is 14.2. The SMILES string of the molecule is O=C(Nc1cc(F)ccc1F)N1Cc2ccccc2-n2cccc2C1c1ccc(F)cc1. The van der Waals surface area contributed by atoms with Gasteiger partial charge in [0.05, 0.1) is 24.0 Å². The van der Waals surface area contributed by atoms with Gasteiger partial charge in [0.15, 0.2) is 0 Å². The van der Waals surface area contributed by atoms with E-state index in [0.717, 1.165) is 35.1 Å². The van der Waals surface area contributed by atoms with E-state index < -0.39 is 23.7 Å². The minimum absolute atomic E-state index is 0.211. The quantitative estimate of drug-likeness (QED) is 0.412. The van der Waals surface area contributed by atoms with Crippen LogP contribution in [0.1, 0.15) is 22.9 Å². The highest BCUT2D eigenvalue weighted by atomic mass is 19.1. The number of para-hydroxylation sites is 1.